The van der Waals surface area contributed by atoms with Gasteiger partial charge in [0.05, 0.1) is 12.7 Å². The normalized spacial score (nSPS) is 45.4. The molecule has 2 fully saturated rings. The van der Waals surface area contributed by atoms with Crippen LogP contribution in [-0.2, 0) is 14.0 Å². The minimum absolute atomic E-state index is 0.0545. The van der Waals surface area contributed by atoms with Gasteiger partial charge in [0.2, 0.25) is 7.37 Å². The van der Waals surface area contributed by atoms with E-state index in [9.17, 15) is 19.7 Å². The molecule has 0 aliphatic carbocycles. The van der Waals surface area contributed by atoms with Crippen molar-refractivity contribution in [3.05, 3.63) is 0 Å². The highest BCUT2D eigenvalue weighted by Crippen LogP contribution is 2.50. The highest BCUT2D eigenvalue weighted by Gasteiger charge is 2.57. The smallest absolute Gasteiger partial charge is 0.203 e. The Morgan fingerprint density at radius 3 is 2.63 bits per heavy atom. The van der Waals surface area contributed by atoms with Gasteiger partial charge in [-0.1, -0.05) is 20.8 Å². The summed E-state index contributed by atoms with van der Waals surface area (Å²) in [7, 11) is -3.26. The van der Waals surface area contributed by atoms with E-state index in [0.29, 0.717) is 0 Å². The predicted molar refractivity (Wildman–Crippen MR) is 69.2 cm³/mol. The third-order valence-electron chi connectivity index (χ3n) is 4.34. The summed E-state index contributed by atoms with van der Waals surface area (Å²) in [5.41, 5.74) is -1.38. The van der Waals surface area contributed by atoms with Crippen LogP contribution in [0.2, 0.25) is 0 Å². The number of fused-ring (bicyclic) bond motifs is 2. The van der Waals surface area contributed by atoms with Gasteiger partial charge in [-0.15, -0.1) is 0 Å². The largest absolute Gasteiger partial charge is 0.390 e. The summed E-state index contributed by atoms with van der Waals surface area (Å²) in [5, 5.41) is 20.2. The van der Waals surface area contributed by atoms with E-state index in [0.717, 1.165) is 0 Å². The van der Waals surface area contributed by atoms with E-state index in [1.807, 2.05) is 0 Å². The van der Waals surface area contributed by atoms with E-state index in [-0.39, 0.29) is 30.8 Å². The fourth-order valence-corrected chi connectivity index (χ4v) is 3.80. The Morgan fingerprint density at radius 2 is 2.05 bits per heavy atom. The van der Waals surface area contributed by atoms with Crippen LogP contribution in [0, 0.1) is 5.92 Å². The third kappa shape index (κ3) is 2.62. The summed E-state index contributed by atoms with van der Waals surface area (Å²) < 4.78 is 23.1. The first-order chi connectivity index (χ1) is 8.69. The maximum Gasteiger partial charge on any atom is 0.203 e. The fraction of sp³-hybridized carbons (Fsp3) is 1.00. The fourth-order valence-electron chi connectivity index (χ4n) is 2.58. The van der Waals surface area contributed by atoms with Gasteiger partial charge >= 0.3 is 0 Å². The van der Waals surface area contributed by atoms with E-state index in [1.54, 1.807) is 20.8 Å². The van der Waals surface area contributed by atoms with Crippen LogP contribution in [0.4, 0.5) is 0 Å². The molecule has 2 heterocycles. The van der Waals surface area contributed by atoms with Crippen molar-refractivity contribution in [2.75, 3.05) is 12.8 Å². The molecule has 0 amide bonds. The molecule has 2 aliphatic heterocycles. The van der Waals surface area contributed by atoms with Gasteiger partial charge < -0.3 is 24.6 Å². The van der Waals surface area contributed by atoms with Crippen LogP contribution >= 0.6 is 7.37 Å². The van der Waals surface area contributed by atoms with Gasteiger partial charge in [-0.3, -0.25) is 4.57 Å². The first-order valence-electron chi connectivity index (χ1n) is 6.67. The molecule has 2 aliphatic rings. The topological polar surface area (TPSA) is 96.2 Å². The van der Waals surface area contributed by atoms with Crippen molar-refractivity contribution < 1.29 is 29.1 Å². The SMILES string of the molecule is CC(C)P(=O)(O)CC[C@@]12CO[C@@H](O1)[C@@H](C)[C@@H](O)[C@@H]2O. The molecule has 0 radical (unpaired) electrons. The molecule has 0 spiro atoms. The Labute approximate surface area is 113 Å². The Hall–Kier alpha value is 0.0300. The van der Waals surface area contributed by atoms with Crippen LogP contribution in [0.3, 0.4) is 0 Å². The lowest BCUT2D eigenvalue weighted by atomic mass is 9.84. The van der Waals surface area contributed by atoms with Gasteiger partial charge in [0.25, 0.3) is 0 Å². The summed E-state index contributed by atoms with van der Waals surface area (Å²) in [4.78, 5) is 9.87. The lowest BCUT2D eigenvalue weighted by Gasteiger charge is -2.42. The van der Waals surface area contributed by atoms with Gasteiger partial charge in [-0.25, -0.2) is 0 Å². The maximum atomic E-state index is 12.0. The molecule has 1 unspecified atom stereocenters. The summed E-state index contributed by atoms with van der Waals surface area (Å²) in [5.74, 6) is -0.309. The second kappa shape index (κ2) is 5.10. The van der Waals surface area contributed by atoms with Crippen molar-refractivity contribution in [1.29, 1.82) is 0 Å². The highest BCUT2D eigenvalue weighted by molar-refractivity contribution is 7.58. The third-order valence-corrected chi connectivity index (χ3v) is 6.81. The molecule has 19 heavy (non-hydrogen) atoms. The Kier molecular flexibility index (Phi) is 4.14. The molecule has 0 saturated carbocycles. The molecule has 0 aromatic heterocycles. The minimum Gasteiger partial charge on any atom is -0.390 e. The van der Waals surface area contributed by atoms with Crippen LogP contribution in [0.25, 0.3) is 0 Å². The molecule has 2 bridgehead atoms. The molecular formula is C12H23O6P. The van der Waals surface area contributed by atoms with Crippen LogP contribution in [0.5, 0.6) is 0 Å². The van der Waals surface area contributed by atoms with Crippen molar-refractivity contribution in [1.82, 2.24) is 0 Å². The second-order valence-corrected chi connectivity index (χ2v) is 8.97. The number of rotatable bonds is 4. The number of hydrogen-bond donors (Lipinski definition) is 3. The van der Waals surface area contributed by atoms with E-state index in [4.69, 9.17) is 9.47 Å². The van der Waals surface area contributed by atoms with Crippen molar-refractivity contribution in [2.24, 2.45) is 5.92 Å². The van der Waals surface area contributed by atoms with E-state index >= 15 is 0 Å². The first kappa shape index (κ1) is 15.4. The first-order valence-corrected chi connectivity index (χ1v) is 8.58. The van der Waals surface area contributed by atoms with Crippen molar-refractivity contribution >= 4 is 7.37 Å². The van der Waals surface area contributed by atoms with E-state index in [1.165, 1.54) is 0 Å². The zero-order valence-electron chi connectivity index (χ0n) is 11.5. The van der Waals surface area contributed by atoms with Crippen LogP contribution in [0.15, 0.2) is 0 Å². The average Bonchev–Trinajstić information content (AvgIpc) is 2.75. The Balaban J connectivity index is 2.09. The molecule has 6 nitrogen and oxygen atoms in total. The van der Waals surface area contributed by atoms with Crippen LogP contribution in [0.1, 0.15) is 27.2 Å². The second-order valence-electron chi connectivity index (χ2n) is 5.98. The highest BCUT2D eigenvalue weighted by atomic mass is 31.2. The van der Waals surface area contributed by atoms with Gasteiger partial charge in [0, 0.05) is 17.7 Å². The molecule has 0 aromatic carbocycles. The average molecular weight is 294 g/mol. The summed E-state index contributed by atoms with van der Waals surface area (Å²) >= 11 is 0. The molecule has 2 rings (SSSR count). The lowest BCUT2D eigenvalue weighted by Crippen LogP contribution is -2.58. The van der Waals surface area contributed by atoms with Gasteiger partial charge in [0.15, 0.2) is 6.29 Å². The summed E-state index contributed by atoms with van der Waals surface area (Å²) in [6.45, 7) is 5.29. The number of ether oxygens (including phenoxy) is 2. The monoisotopic (exact) mass is 294 g/mol. The van der Waals surface area contributed by atoms with Crippen LogP contribution < -0.4 is 0 Å². The van der Waals surface area contributed by atoms with Crippen molar-refractivity contribution in [2.45, 2.75) is 57.0 Å². The van der Waals surface area contributed by atoms with E-state index < -0.39 is 31.5 Å². The summed E-state index contributed by atoms with van der Waals surface area (Å²) in [6, 6.07) is 0. The molecular weight excluding hydrogens is 271 g/mol. The van der Waals surface area contributed by atoms with Gasteiger partial charge in [-0.05, 0) is 6.42 Å². The molecule has 6 atom stereocenters. The molecule has 112 valence electrons. The quantitative estimate of drug-likeness (QED) is 0.655. The Morgan fingerprint density at radius 1 is 1.42 bits per heavy atom. The van der Waals surface area contributed by atoms with Gasteiger partial charge in [0.1, 0.15) is 11.7 Å². The summed E-state index contributed by atoms with van der Waals surface area (Å²) in [6.07, 6.45) is -2.30. The van der Waals surface area contributed by atoms with Crippen molar-refractivity contribution in [3.63, 3.8) is 0 Å². The predicted octanol–water partition coefficient (Wildman–Crippen LogP) is 0.538. The van der Waals surface area contributed by atoms with Crippen LogP contribution in [-0.4, -0.2) is 57.6 Å². The number of hydrogen-bond acceptors (Lipinski definition) is 5. The Bertz CT molecular complexity index is 386. The van der Waals surface area contributed by atoms with E-state index in [2.05, 4.69) is 0 Å². The van der Waals surface area contributed by atoms with Crippen molar-refractivity contribution in [3.8, 4) is 0 Å². The molecule has 3 N–H and O–H groups in total. The lowest BCUT2D eigenvalue weighted by molar-refractivity contribution is -0.236. The molecule has 7 heteroatoms. The zero-order valence-corrected chi connectivity index (χ0v) is 12.4. The molecule has 0 aromatic rings. The minimum atomic E-state index is -3.26. The number of aliphatic hydroxyl groups is 2. The zero-order chi connectivity index (χ0) is 14.4. The van der Waals surface area contributed by atoms with Gasteiger partial charge in [-0.2, -0.15) is 0 Å². The number of aliphatic hydroxyl groups excluding tert-OH is 2. The molecule has 2 saturated heterocycles. The maximum absolute atomic E-state index is 12.0. The standard InChI is InChI=1S/C12H23O6P/c1-7(2)19(15,16)5-4-12-6-17-11(18-12)8(3)9(13)10(12)14/h7-11,13-14H,4-6H2,1-3H3,(H,15,16)/t8-,9+,10-,11-,12-/m0/s1.